The summed E-state index contributed by atoms with van der Waals surface area (Å²) in [6.45, 7) is 4.66. The van der Waals surface area contributed by atoms with E-state index in [0.717, 1.165) is 30.3 Å². The third kappa shape index (κ3) is 7.23. The fourth-order valence-electron chi connectivity index (χ4n) is 4.10. The highest BCUT2D eigenvalue weighted by Gasteiger charge is 2.31. The molecule has 0 bridgehead atoms. The van der Waals surface area contributed by atoms with E-state index in [4.69, 9.17) is 4.74 Å². The van der Waals surface area contributed by atoms with Crippen LogP contribution < -0.4 is 14.8 Å². The van der Waals surface area contributed by atoms with Crippen LogP contribution in [0.2, 0.25) is 0 Å². The predicted octanol–water partition coefficient (Wildman–Crippen LogP) is 5.91. The van der Waals surface area contributed by atoms with Crippen molar-refractivity contribution in [2.75, 3.05) is 0 Å². The van der Waals surface area contributed by atoms with Gasteiger partial charge in [-0.3, -0.25) is 14.9 Å². The summed E-state index contributed by atoms with van der Waals surface area (Å²) in [5.41, 5.74) is -0.663. The number of hydrogen-bond donors (Lipinski definition) is 2. The van der Waals surface area contributed by atoms with E-state index in [2.05, 4.69) is 15.1 Å². The first-order chi connectivity index (χ1) is 20.7. The van der Waals surface area contributed by atoms with Gasteiger partial charge in [0, 0.05) is 30.3 Å². The van der Waals surface area contributed by atoms with Gasteiger partial charge in [0.1, 0.15) is 10.6 Å². The number of alkyl halides is 3. The average molecular weight is 632 g/mol. The fraction of sp³-hybridized carbons (Fsp3) is 0.241. The second-order valence-electron chi connectivity index (χ2n) is 9.83. The number of nitro benzene ring substituents is 1. The molecule has 1 heterocycles. The van der Waals surface area contributed by atoms with Gasteiger partial charge in [0.2, 0.25) is 15.9 Å². The minimum absolute atomic E-state index is 0.0609. The number of hydrogen-bond acceptors (Lipinski definition) is 7. The molecule has 0 aliphatic carbocycles. The van der Waals surface area contributed by atoms with Crippen LogP contribution in [-0.4, -0.2) is 35.1 Å². The summed E-state index contributed by atoms with van der Waals surface area (Å²) in [7, 11) is -4.30. The van der Waals surface area contributed by atoms with Crippen LogP contribution in [0.4, 0.5) is 18.9 Å². The number of nitrogens with zero attached hydrogens (tertiary/aromatic N) is 3. The van der Waals surface area contributed by atoms with E-state index in [1.165, 1.54) is 23.7 Å². The molecule has 0 aliphatic rings. The Labute approximate surface area is 250 Å². The first kappa shape index (κ1) is 32.2. The Kier molecular flexibility index (Phi) is 9.39. The molecule has 3 aromatic carbocycles. The molecule has 4 aromatic rings. The first-order valence-corrected chi connectivity index (χ1v) is 14.8. The number of para-hydroxylation sites is 1. The van der Waals surface area contributed by atoms with Crippen LogP contribution in [0.15, 0.2) is 77.7 Å². The molecular weight excluding hydrogens is 603 g/mol. The Bertz CT molecular complexity index is 1790. The molecule has 15 heteroatoms. The Balaban J connectivity index is 1.75. The van der Waals surface area contributed by atoms with Gasteiger partial charge in [-0.2, -0.15) is 23.0 Å². The minimum Gasteiger partial charge on any atom is -0.437 e. The Morgan fingerprint density at radius 1 is 1.09 bits per heavy atom. The second-order valence-corrected chi connectivity index (χ2v) is 11.5. The van der Waals surface area contributed by atoms with Crippen molar-refractivity contribution in [1.82, 2.24) is 19.8 Å². The van der Waals surface area contributed by atoms with Crippen LogP contribution in [0.25, 0.3) is 5.69 Å². The number of carbonyl (C=O) groups is 1. The Hall–Kier alpha value is -4.76. The first-order valence-electron chi connectivity index (χ1n) is 13.3. The van der Waals surface area contributed by atoms with Gasteiger partial charge < -0.3 is 10.1 Å². The molecule has 44 heavy (non-hydrogen) atoms. The lowest BCUT2D eigenvalue weighted by Gasteiger charge is -2.16. The van der Waals surface area contributed by atoms with Crippen LogP contribution in [0.3, 0.4) is 0 Å². The summed E-state index contributed by atoms with van der Waals surface area (Å²) in [5, 5.41) is 18.4. The van der Waals surface area contributed by atoms with E-state index in [0.29, 0.717) is 12.1 Å². The van der Waals surface area contributed by atoms with Crippen LogP contribution in [0, 0.1) is 17.0 Å². The molecule has 0 radical (unpaired) electrons. The molecule has 1 atom stereocenters. The van der Waals surface area contributed by atoms with Gasteiger partial charge in [0.25, 0.3) is 11.6 Å². The van der Waals surface area contributed by atoms with Gasteiger partial charge in [-0.05, 0) is 56.2 Å². The maximum atomic E-state index is 13.3. The molecule has 0 saturated carbocycles. The molecule has 0 unspecified atom stereocenters. The Morgan fingerprint density at radius 2 is 1.80 bits per heavy atom. The van der Waals surface area contributed by atoms with Gasteiger partial charge in [-0.15, -0.1) is 0 Å². The molecule has 0 spiro atoms. The number of amides is 1. The van der Waals surface area contributed by atoms with E-state index in [1.54, 1.807) is 44.2 Å². The minimum atomic E-state index is -4.55. The van der Waals surface area contributed by atoms with Crippen molar-refractivity contribution in [2.24, 2.45) is 0 Å². The van der Waals surface area contributed by atoms with Crippen molar-refractivity contribution in [1.29, 1.82) is 0 Å². The zero-order valence-corrected chi connectivity index (χ0v) is 24.6. The number of sulfonamides is 1. The van der Waals surface area contributed by atoms with Crippen LogP contribution in [0.1, 0.15) is 47.4 Å². The number of nitrogens with one attached hydrogen (secondary N) is 2. The lowest BCUT2D eigenvalue weighted by atomic mass is 10.1. The third-order valence-corrected chi connectivity index (χ3v) is 8.21. The zero-order chi connectivity index (χ0) is 32.2. The number of benzene rings is 3. The van der Waals surface area contributed by atoms with E-state index in [-0.39, 0.29) is 35.0 Å². The van der Waals surface area contributed by atoms with E-state index in [1.807, 2.05) is 0 Å². The van der Waals surface area contributed by atoms with Crippen molar-refractivity contribution in [3.8, 4) is 17.3 Å². The molecule has 0 fully saturated rings. The lowest BCUT2D eigenvalue weighted by molar-refractivity contribution is -0.385. The standard InChI is InChI=1S/C29H28F3N5O6S/c1-4-18(2)35-44(41,42)25-16-23(37(39)40)13-14-24(25)43-28-19(3)26(34-36(28)22-11-6-5-7-12-22)27(38)33-17-20-9-8-10-21(15-20)29(30,31)32/h5-16,18,35H,4,17H2,1-3H3,(H,33,38)/t18-/m1/s1. The van der Waals surface area contributed by atoms with Crippen LogP contribution in [-0.2, 0) is 22.7 Å². The van der Waals surface area contributed by atoms with Crippen molar-refractivity contribution < 1.29 is 36.0 Å². The quantitative estimate of drug-likeness (QED) is 0.155. The predicted molar refractivity (Wildman–Crippen MR) is 154 cm³/mol. The van der Waals surface area contributed by atoms with E-state index in [9.17, 15) is 36.5 Å². The van der Waals surface area contributed by atoms with Gasteiger partial charge in [0.05, 0.1) is 16.2 Å². The number of ether oxygens (including phenoxy) is 1. The molecule has 0 aliphatic heterocycles. The second kappa shape index (κ2) is 12.9. The van der Waals surface area contributed by atoms with Crippen LogP contribution >= 0.6 is 0 Å². The summed E-state index contributed by atoms with van der Waals surface area (Å²) in [5.74, 6) is -1.05. The van der Waals surface area contributed by atoms with Crippen molar-refractivity contribution in [2.45, 2.75) is 50.9 Å². The summed E-state index contributed by atoms with van der Waals surface area (Å²) in [6.07, 6.45) is -4.10. The summed E-state index contributed by atoms with van der Waals surface area (Å²) in [6, 6.07) is 15.6. The average Bonchev–Trinajstić information content (AvgIpc) is 3.31. The van der Waals surface area contributed by atoms with Crippen molar-refractivity contribution >= 4 is 21.6 Å². The smallest absolute Gasteiger partial charge is 0.416 e. The number of aromatic nitrogens is 2. The summed E-state index contributed by atoms with van der Waals surface area (Å²) >= 11 is 0. The number of rotatable bonds is 11. The molecule has 1 amide bonds. The van der Waals surface area contributed by atoms with Crippen LogP contribution in [0.5, 0.6) is 11.6 Å². The fourth-order valence-corrected chi connectivity index (χ4v) is 5.58. The van der Waals surface area contributed by atoms with E-state index < -0.39 is 49.2 Å². The van der Waals surface area contributed by atoms with E-state index >= 15 is 0 Å². The number of nitro groups is 1. The normalized spacial score (nSPS) is 12.5. The zero-order valence-electron chi connectivity index (χ0n) is 23.8. The lowest BCUT2D eigenvalue weighted by Crippen LogP contribution is -2.32. The molecule has 0 saturated heterocycles. The SMILES string of the molecule is CC[C@@H](C)NS(=O)(=O)c1cc([N+](=O)[O-])ccc1Oc1c(C)c(C(=O)NCc2cccc(C(F)(F)F)c2)nn1-c1ccccc1. The van der Waals surface area contributed by atoms with Gasteiger partial charge in [0.15, 0.2) is 5.69 Å². The summed E-state index contributed by atoms with van der Waals surface area (Å²) < 4.78 is 75.7. The highest BCUT2D eigenvalue weighted by molar-refractivity contribution is 7.89. The number of non-ortho nitro benzene ring substituents is 1. The molecule has 2 N–H and O–H groups in total. The van der Waals surface area contributed by atoms with Crippen molar-refractivity contribution in [3.05, 3.63) is 105 Å². The summed E-state index contributed by atoms with van der Waals surface area (Å²) in [4.78, 5) is 23.5. The third-order valence-electron chi connectivity index (χ3n) is 6.59. The highest BCUT2D eigenvalue weighted by Crippen LogP contribution is 2.36. The molecule has 1 aromatic heterocycles. The monoisotopic (exact) mass is 631 g/mol. The van der Waals surface area contributed by atoms with Gasteiger partial charge >= 0.3 is 6.18 Å². The maximum Gasteiger partial charge on any atom is 0.416 e. The molecule has 232 valence electrons. The topological polar surface area (TPSA) is 145 Å². The largest absolute Gasteiger partial charge is 0.437 e. The molecular formula is C29H28F3N5O6S. The van der Waals surface area contributed by atoms with Gasteiger partial charge in [-0.25, -0.2) is 13.1 Å². The van der Waals surface area contributed by atoms with Crippen molar-refractivity contribution in [3.63, 3.8) is 0 Å². The highest BCUT2D eigenvalue weighted by atomic mass is 32.2. The Morgan fingerprint density at radius 3 is 2.43 bits per heavy atom. The maximum absolute atomic E-state index is 13.3. The molecule has 11 nitrogen and oxygen atoms in total. The van der Waals surface area contributed by atoms with Gasteiger partial charge in [-0.1, -0.05) is 37.3 Å². The number of carbonyl (C=O) groups excluding carboxylic acids is 1. The molecule has 4 rings (SSSR count). The number of halogens is 3.